The number of aryl methyl sites for hydroxylation is 4. The number of nitrogens with one attached hydrogen (secondary N) is 1. The fraction of sp³-hybridized carbons (Fsp3) is 0.355. The van der Waals surface area contributed by atoms with E-state index in [9.17, 15) is 0 Å². The molecule has 0 atom stereocenters. The maximum Gasteiger partial charge on any atom is 0.0764 e. The number of hydrogen-bond acceptors (Lipinski definition) is 2. The van der Waals surface area contributed by atoms with Gasteiger partial charge in [0.25, 0.3) is 0 Å². The van der Waals surface area contributed by atoms with E-state index in [0.717, 1.165) is 17.8 Å². The molecule has 0 spiro atoms. The molecule has 2 nitrogen and oxygen atoms in total. The third-order valence-electron chi connectivity index (χ3n) is 7.13. The fourth-order valence-corrected chi connectivity index (χ4v) is 5.12. The lowest BCUT2D eigenvalue weighted by molar-refractivity contribution is 0.569. The first kappa shape index (κ1) is 23.0. The third-order valence-corrected chi connectivity index (χ3v) is 7.13. The third kappa shape index (κ3) is 4.79. The van der Waals surface area contributed by atoms with Gasteiger partial charge < -0.3 is 10.2 Å². The van der Waals surface area contributed by atoms with Crippen LogP contribution in [-0.4, -0.2) is 13.6 Å². The molecule has 3 aromatic rings. The van der Waals surface area contributed by atoms with Crippen LogP contribution in [0.15, 0.2) is 48.5 Å². The zero-order valence-corrected chi connectivity index (χ0v) is 21.0. The second kappa shape index (κ2) is 8.99. The van der Waals surface area contributed by atoms with E-state index in [2.05, 4.69) is 106 Å². The second-order valence-corrected chi connectivity index (χ2v) is 10.2. The molecule has 0 radical (unpaired) electrons. The minimum absolute atomic E-state index is 0.429. The van der Waals surface area contributed by atoms with Crippen LogP contribution in [0.25, 0.3) is 11.1 Å². The highest BCUT2D eigenvalue weighted by Crippen LogP contribution is 2.50. The summed E-state index contributed by atoms with van der Waals surface area (Å²) < 4.78 is 0. The average molecular weight is 437 g/mol. The van der Waals surface area contributed by atoms with Gasteiger partial charge in [0, 0.05) is 12.7 Å². The van der Waals surface area contributed by atoms with Crippen LogP contribution in [0.3, 0.4) is 0 Å². The molecule has 0 aromatic heterocycles. The first-order chi connectivity index (χ1) is 15.7. The molecule has 3 aromatic carbocycles. The summed E-state index contributed by atoms with van der Waals surface area (Å²) in [5, 5.41) is 3.40. The molecule has 0 unspecified atom stereocenters. The highest BCUT2D eigenvalue weighted by Gasteiger charge is 2.38. The first-order valence-electron chi connectivity index (χ1n) is 11.9. The van der Waals surface area contributed by atoms with Crippen LogP contribution in [0.5, 0.6) is 0 Å². The molecular weight excluding hydrogens is 400 g/mol. The molecule has 170 valence electrons. The Bertz CT molecular complexity index is 1200. The summed E-state index contributed by atoms with van der Waals surface area (Å²) in [6.45, 7) is 11.8. The Morgan fingerprint density at radius 3 is 2.24 bits per heavy atom. The van der Waals surface area contributed by atoms with Gasteiger partial charge in [-0.25, -0.2) is 0 Å². The Hall–Kier alpha value is -3.18. The molecule has 1 fully saturated rings. The maximum absolute atomic E-state index is 5.53. The summed E-state index contributed by atoms with van der Waals surface area (Å²) in [5.41, 5.74) is 13.4. The van der Waals surface area contributed by atoms with Crippen molar-refractivity contribution in [3.05, 3.63) is 76.3 Å². The number of benzene rings is 3. The van der Waals surface area contributed by atoms with Gasteiger partial charge in [0.1, 0.15) is 0 Å². The average Bonchev–Trinajstić information content (AvgIpc) is 3.49. The van der Waals surface area contributed by atoms with Gasteiger partial charge in [-0.05, 0) is 104 Å². The molecule has 1 N–H and O–H groups in total. The normalized spacial score (nSPS) is 14.0. The second-order valence-electron chi connectivity index (χ2n) is 10.2. The van der Waals surface area contributed by atoms with Gasteiger partial charge in [-0.2, -0.15) is 0 Å². The van der Waals surface area contributed by atoms with Crippen molar-refractivity contribution in [2.24, 2.45) is 5.41 Å². The minimum atomic E-state index is 0.429. The van der Waals surface area contributed by atoms with Crippen molar-refractivity contribution in [3.63, 3.8) is 0 Å². The van der Waals surface area contributed by atoms with Gasteiger partial charge in [-0.3, -0.25) is 0 Å². The molecule has 0 heterocycles. The molecule has 1 saturated carbocycles. The predicted molar refractivity (Wildman–Crippen MR) is 144 cm³/mol. The molecule has 2 heteroatoms. The summed E-state index contributed by atoms with van der Waals surface area (Å²) in [5.74, 6) is 2.70. The van der Waals surface area contributed by atoms with Gasteiger partial charge in [-0.1, -0.05) is 48.7 Å². The fourth-order valence-electron chi connectivity index (χ4n) is 5.12. The predicted octanol–water partition coefficient (Wildman–Crippen LogP) is 7.74. The summed E-state index contributed by atoms with van der Waals surface area (Å²) in [4.78, 5) is 2.34. The van der Waals surface area contributed by atoms with Gasteiger partial charge >= 0.3 is 0 Å². The standard InChI is InChI=1S/C31H36N2/c1-8-15-32-27-11-9-10-12-28(27)33(7)29-19-25(30-23(4)16-21(2)17-24(30)5)18-22(3)26(29)20-31(6)13-14-31/h1,9-12,16-19,32H,13-15,20H2,2-7H3. The van der Waals surface area contributed by atoms with E-state index in [0.29, 0.717) is 12.0 Å². The highest BCUT2D eigenvalue weighted by atomic mass is 15.1. The van der Waals surface area contributed by atoms with Crippen LogP contribution in [0.2, 0.25) is 0 Å². The van der Waals surface area contributed by atoms with Gasteiger partial charge in [-0.15, -0.1) is 6.42 Å². The number of para-hydroxylation sites is 2. The van der Waals surface area contributed by atoms with Gasteiger partial charge in [0.05, 0.1) is 17.9 Å². The molecular formula is C31H36N2. The van der Waals surface area contributed by atoms with E-state index in [4.69, 9.17) is 6.42 Å². The lowest BCUT2D eigenvalue weighted by Gasteiger charge is -2.28. The summed E-state index contributed by atoms with van der Waals surface area (Å²) in [7, 11) is 2.18. The molecule has 0 saturated heterocycles. The number of anilines is 3. The van der Waals surface area contributed by atoms with E-state index in [1.807, 2.05) is 0 Å². The summed E-state index contributed by atoms with van der Waals surface area (Å²) in [6, 6.07) is 17.8. The summed E-state index contributed by atoms with van der Waals surface area (Å²) >= 11 is 0. The Morgan fingerprint density at radius 1 is 0.939 bits per heavy atom. The largest absolute Gasteiger partial charge is 0.372 e. The monoisotopic (exact) mass is 436 g/mol. The molecule has 0 bridgehead atoms. The van der Waals surface area contributed by atoms with Crippen LogP contribution in [0.1, 0.15) is 47.6 Å². The molecule has 33 heavy (non-hydrogen) atoms. The van der Waals surface area contributed by atoms with E-state index in [1.54, 1.807) is 0 Å². The lowest BCUT2D eigenvalue weighted by Crippen LogP contribution is -2.17. The molecule has 1 aliphatic carbocycles. The van der Waals surface area contributed by atoms with Gasteiger partial charge in [0.15, 0.2) is 0 Å². The van der Waals surface area contributed by atoms with E-state index < -0.39 is 0 Å². The topological polar surface area (TPSA) is 15.3 Å². The van der Waals surface area contributed by atoms with Crippen LogP contribution in [-0.2, 0) is 6.42 Å². The number of rotatable bonds is 7. The SMILES string of the molecule is C#CCNc1ccccc1N(C)c1cc(-c2c(C)cc(C)cc2C)cc(C)c1CC1(C)CC1. The lowest BCUT2D eigenvalue weighted by atomic mass is 9.87. The van der Waals surface area contributed by atoms with Crippen LogP contribution in [0, 0.1) is 45.5 Å². The number of terminal acetylenes is 1. The van der Waals surface area contributed by atoms with Crippen molar-refractivity contribution < 1.29 is 0 Å². The Balaban J connectivity index is 1.88. The summed E-state index contributed by atoms with van der Waals surface area (Å²) in [6.07, 6.45) is 9.27. The van der Waals surface area contributed by atoms with E-state index in [1.165, 1.54) is 57.5 Å². The smallest absolute Gasteiger partial charge is 0.0764 e. The molecule has 0 aliphatic heterocycles. The molecule has 0 amide bonds. The van der Waals surface area contributed by atoms with Gasteiger partial charge in [0.2, 0.25) is 0 Å². The number of nitrogens with zero attached hydrogens (tertiary/aromatic N) is 1. The van der Waals surface area contributed by atoms with Crippen molar-refractivity contribution in [1.29, 1.82) is 0 Å². The zero-order valence-electron chi connectivity index (χ0n) is 21.0. The first-order valence-corrected chi connectivity index (χ1v) is 11.9. The van der Waals surface area contributed by atoms with E-state index >= 15 is 0 Å². The molecule has 4 rings (SSSR count). The Morgan fingerprint density at radius 2 is 1.61 bits per heavy atom. The maximum atomic E-state index is 5.53. The Kier molecular flexibility index (Phi) is 6.26. The van der Waals surface area contributed by atoms with Crippen molar-refractivity contribution in [2.75, 3.05) is 23.8 Å². The number of hydrogen-bond donors (Lipinski definition) is 1. The van der Waals surface area contributed by atoms with Crippen molar-refractivity contribution in [2.45, 2.75) is 53.9 Å². The highest BCUT2D eigenvalue weighted by molar-refractivity contribution is 5.82. The zero-order chi connectivity index (χ0) is 23.8. The minimum Gasteiger partial charge on any atom is -0.372 e. The van der Waals surface area contributed by atoms with Crippen molar-refractivity contribution >= 4 is 17.1 Å². The van der Waals surface area contributed by atoms with Crippen LogP contribution < -0.4 is 10.2 Å². The van der Waals surface area contributed by atoms with E-state index in [-0.39, 0.29) is 0 Å². The van der Waals surface area contributed by atoms with Crippen LogP contribution >= 0.6 is 0 Å². The van der Waals surface area contributed by atoms with Crippen molar-refractivity contribution in [3.8, 4) is 23.5 Å². The molecule has 1 aliphatic rings. The quantitative estimate of drug-likeness (QED) is 0.381. The van der Waals surface area contributed by atoms with Crippen LogP contribution in [0.4, 0.5) is 17.1 Å². The van der Waals surface area contributed by atoms with Crippen molar-refractivity contribution in [1.82, 2.24) is 0 Å². The Labute approximate surface area is 200 Å².